The van der Waals surface area contributed by atoms with Crippen molar-refractivity contribution in [3.8, 4) is 5.75 Å². The van der Waals surface area contributed by atoms with Crippen molar-refractivity contribution in [1.29, 1.82) is 0 Å². The zero-order valence-corrected chi connectivity index (χ0v) is 14.3. The van der Waals surface area contributed by atoms with E-state index in [2.05, 4.69) is 46.8 Å². The topological polar surface area (TPSA) is 45.7 Å². The van der Waals surface area contributed by atoms with E-state index in [1.165, 1.54) is 5.56 Å². The molecule has 0 aromatic heterocycles. The third-order valence-electron chi connectivity index (χ3n) is 4.00. The Kier molecular flexibility index (Phi) is 7.50. The highest BCUT2D eigenvalue weighted by Gasteiger charge is 2.11. The van der Waals surface area contributed by atoms with E-state index in [4.69, 9.17) is 4.74 Å². The van der Waals surface area contributed by atoms with E-state index in [9.17, 15) is 0 Å². The number of ether oxygens (including phenoxy) is 1. The minimum atomic E-state index is 0.507. The van der Waals surface area contributed by atoms with Crippen LogP contribution in [0.2, 0.25) is 0 Å². The maximum atomic E-state index is 5.18. The molecule has 0 aliphatic heterocycles. The molecule has 4 nitrogen and oxygen atoms in total. The van der Waals surface area contributed by atoms with Crippen LogP contribution in [0.4, 0.5) is 0 Å². The van der Waals surface area contributed by atoms with E-state index in [0.29, 0.717) is 6.04 Å². The van der Waals surface area contributed by atoms with Gasteiger partial charge in [0.05, 0.1) is 7.11 Å². The molecule has 1 aromatic rings. The number of benzene rings is 1. The van der Waals surface area contributed by atoms with Crippen LogP contribution >= 0.6 is 0 Å². The number of unbranched alkanes of at least 4 members (excludes halogenated alkanes) is 1. The van der Waals surface area contributed by atoms with E-state index in [1.807, 2.05) is 12.1 Å². The van der Waals surface area contributed by atoms with E-state index in [-0.39, 0.29) is 0 Å². The average molecular weight is 315 g/mol. The van der Waals surface area contributed by atoms with Crippen molar-refractivity contribution >= 4 is 5.96 Å². The van der Waals surface area contributed by atoms with Crippen LogP contribution in [0.15, 0.2) is 41.4 Å². The zero-order chi connectivity index (χ0) is 16.3. The predicted octanol–water partition coefficient (Wildman–Crippen LogP) is 3.29. The van der Waals surface area contributed by atoms with Gasteiger partial charge in [-0.25, -0.2) is 0 Å². The molecule has 0 heterocycles. The Bertz CT molecular complexity index is 500. The Labute approximate surface area is 140 Å². The van der Waals surface area contributed by atoms with E-state index in [1.54, 1.807) is 7.11 Å². The monoisotopic (exact) mass is 315 g/mol. The molecule has 23 heavy (non-hydrogen) atoms. The summed E-state index contributed by atoms with van der Waals surface area (Å²) < 4.78 is 5.18. The lowest BCUT2D eigenvalue weighted by Gasteiger charge is -2.16. The molecule has 1 aliphatic rings. The van der Waals surface area contributed by atoms with Gasteiger partial charge in [-0.3, -0.25) is 4.99 Å². The van der Waals surface area contributed by atoms with Gasteiger partial charge in [0, 0.05) is 19.1 Å². The van der Waals surface area contributed by atoms with Gasteiger partial charge < -0.3 is 15.4 Å². The highest BCUT2D eigenvalue weighted by Crippen LogP contribution is 2.13. The fourth-order valence-corrected chi connectivity index (χ4v) is 2.67. The van der Waals surface area contributed by atoms with Crippen LogP contribution in [0.1, 0.15) is 38.2 Å². The molecule has 1 aliphatic carbocycles. The number of rotatable bonds is 8. The number of guanidine groups is 1. The number of aliphatic imine (C=N–C) groups is 1. The van der Waals surface area contributed by atoms with Gasteiger partial charge in [0.25, 0.3) is 0 Å². The summed E-state index contributed by atoms with van der Waals surface area (Å²) in [6.07, 6.45) is 10.0. The van der Waals surface area contributed by atoms with Crippen LogP contribution in [0.25, 0.3) is 0 Å². The van der Waals surface area contributed by atoms with E-state index in [0.717, 1.165) is 56.9 Å². The second-order valence-electron chi connectivity index (χ2n) is 5.85. The number of nitrogens with one attached hydrogen (secondary N) is 2. The second kappa shape index (κ2) is 9.93. The number of aryl methyl sites for hydroxylation is 1. The van der Waals surface area contributed by atoms with Crippen molar-refractivity contribution in [3.05, 3.63) is 42.0 Å². The summed E-state index contributed by atoms with van der Waals surface area (Å²) in [4.78, 5) is 4.68. The molecule has 126 valence electrons. The molecule has 0 unspecified atom stereocenters. The van der Waals surface area contributed by atoms with Crippen LogP contribution in [0.3, 0.4) is 0 Å². The van der Waals surface area contributed by atoms with Crippen molar-refractivity contribution in [1.82, 2.24) is 10.6 Å². The first kappa shape index (κ1) is 17.4. The lowest BCUT2D eigenvalue weighted by atomic mass is 10.1. The molecular weight excluding hydrogens is 286 g/mol. The van der Waals surface area contributed by atoms with E-state index >= 15 is 0 Å². The maximum Gasteiger partial charge on any atom is 0.191 e. The van der Waals surface area contributed by atoms with Crippen LogP contribution in [-0.4, -0.2) is 32.2 Å². The molecule has 0 radical (unpaired) electrons. The molecule has 0 saturated heterocycles. The molecule has 2 N–H and O–H groups in total. The predicted molar refractivity (Wildman–Crippen MR) is 97.2 cm³/mol. The highest BCUT2D eigenvalue weighted by molar-refractivity contribution is 5.80. The second-order valence-corrected chi connectivity index (χ2v) is 5.85. The first-order chi connectivity index (χ1) is 11.3. The zero-order valence-electron chi connectivity index (χ0n) is 14.3. The van der Waals surface area contributed by atoms with Crippen LogP contribution in [0.5, 0.6) is 5.75 Å². The average Bonchev–Trinajstić information content (AvgIpc) is 3.08. The Morgan fingerprint density at radius 2 is 1.91 bits per heavy atom. The summed E-state index contributed by atoms with van der Waals surface area (Å²) in [5.74, 6) is 1.87. The van der Waals surface area contributed by atoms with Gasteiger partial charge in [0.1, 0.15) is 5.75 Å². The standard InChI is InChI=1S/C19H29N3O/c1-3-20-19(22-17-9-4-5-10-17)21-15-7-6-8-16-11-13-18(23-2)14-12-16/h4-5,11-14,17H,3,6-10,15H2,1-2H3,(H2,20,21,22). The van der Waals surface area contributed by atoms with Gasteiger partial charge in [-0.1, -0.05) is 24.3 Å². The first-order valence-corrected chi connectivity index (χ1v) is 8.64. The lowest BCUT2D eigenvalue weighted by Crippen LogP contribution is -2.42. The summed E-state index contributed by atoms with van der Waals surface area (Å²) in [7, 11) is 1.70. The molecule has 0 bridgehead atoms. The first-order valence-electron chi connectivity index (χ1n) is 8.64. The molecule has 2 rings (SSSR count). The summed E-state index contributed by atoms with van der Waals surface area (Å²) in [5.41, 5.74) is 1.36. The molecule has 0 spiro atoms. The van der Waals surface area contributed by atoms with Gasteiger partial charge in [-0.05, 0) is 56.7 Å². The molecule has 0 saturated carbocycles. The molecule has 1 aromatic carbocycles. The molecule has 0 fully saturated rings. The summed E-state index contributed by atoms with van der Waals surface area (Å²) >= 11 is 0. The normalized spacial score (nSPS) is 15.0. The molecule has 0 amide bonds. The summed E-state index contributed by atoms with van der Waals surface area (Å²) in [6, 6.07) is 8.83. The summed E-state index contributed by atoms with van der Waals surface area (Å²) in [5, 5.41) is 6.83. The molecular formula is C19H29N3O. The van der Waals surface area contributed by atoms with Gasteiger partial charge in [-0.2, -0.15) is 0 Å². The smallest absolute Gasteiger partial charge is 0.191 e. The fourth-order valence-electron chi connectivity index (χ4n) is 2.67. The quantitative estimate of drug-likeness (QED) is 0.335. The third kappa shape index (κ3) is 6.35. The molecule has 0 atom stereocenters. The Morgan fingerprint density at radius 3 is 2.57 bits per heavy atom. The Balaban J connectivity index is 1.68. The van der Waals surface area contributed by atoms with Crippen LogP contribution in [0, 0.1) is 0 Å². The van der Waals surface area contributed by atoms with Gasteiger partial charge in [0.2, 0.25) is 0 Å². The lowest BCUT2D eigenvalue weighted by molar-refractivity contribution is 0.414. The largest absolute Gasteiger partial charge is 0.497 e. The van der Waals surface area contributed by atoms with E-state index < -0.39 is 0 Å². The number of hydrogen-bond donors (Lipinski definition) is 2. The number of hydrogen-bond acceptors (Lipinski definition) is 2. The Hall–Kier alpha value is -1.97. The van der Waals surface area contributed by atoms with Crippen LogP contribution < -0.4 is 15.4 Å². The van der Waals surface area contributed by atoms with Crippen LogP contribution in [-0.2, 0) is 6.42 Å². The SMILES string of the molecule is CCNC(=NCCCCc1ccc(OC)cc1)NC1CC=CC1. The highest BCUT2D eigenvalue weighted by atomic mass is 16.5. The molecule has 4 heteroatoms. The van der Waals surface area contributed by atoms with Crippen molar-refractivity contribution in [2.24, 2.45) is 4.99 Å². The number of methoxy groups -OCH3 is 1. The van der Waals surface area contributed by atoms with Gasteiger partial charge in [-0.15, -0.1) is 0 Å². The van der Waals surface area contributed by atoms with Crippen molar-refractivity contribution in [2.75, 3.05) is 20.2 Å². The fraction of sp³-hybridized carbons (Fsp3) is 0.526. The minimum Gasteiger partial charge on any atom is -0.497 e. The minimum absolute atomic E-state index is 0.507. The van der Waals surface area contributed by atoms with Crippen molar-refractivity contribution in [3.63, 3.8) is 0 Å². The third-order valence-corrected chi connectivity index (χ3v) is 4.00. The Morgan fingerprint density at radius 1 is 1.17 bits per heavy atom. The van der Waals surface area contributed by atoms with Crippen molar-refractivity contribution < 1.29 is 4.74 Å². The summed E-state index contributed by atoms with van der Waals surface area (Å²) in [6.45, 7) is 3.87. The van der Waals surface area contributed by atoms with Gasteiger partial charge >= 0.3 is 0 Å². The van der Waals surface area contributed by atoms with Crippen molar-refractivity contribution in [2.45, 2.75) is 45.1 Å². The van der Waals surface area contributed by atoms with Gasteiger partial charge in [0.15, 0.2) is 5.96 Å². The maximum absolute atomic E-state index is 5.18. The number of nitrogens with zero attached hydrogens (tertiary/aromatic N) is 1.